The number of hydrogen-bond acceptors (Lipinski definition) is 2. The first-order chi connectivity index (χ1) is 8.49. The van der Waals surface area contributed by atoms with E-state index in [2.05, 4.69) is 10.4 Å². The summed E-state index contributed by atoms with van der Waals surface area (Å²) in [6.45, 7) is 2.32. The Kier molecular flexibility index (Phi) is 3.78. The predicted octanol–water partition coefficient (Wildman–Crippen LogP) is 3.79. The third kappa shape index (κ3) is 2.60. The second-order valence-electron chi connectivity index (χ2n) is 3.95. The molecule has 0 bridgehead atoms. The summed E-state index contributed by atoms with van der Waals surface area (Å²) in [7, 11) is 1.82. The maximum absolute atomic E-state index is 12.9. The van der Waals surface area contributed by atoms with Gasteiger partial charge in [-0.3, -0.25) is 4.68 Å². The van der Waals surface area contributed by atoms with Crippen molar-refractivity contribution >= 4 is 28.9 Å². The zero-order chi connectivity index (χ0) is 13.3. The molecule has 0 aliphatic rings. The van der Waals surface area contributed by atoms with Crippen molar-refractivity contribution < 1.29 is 4.39 Å². The molecule has 0 spiro atoms. The first-order valence-electron chi connectivity index (χ1n) is 5.36. The highest BCUT2D eigenvalue weighted by Gasteiger charge is 2.11. The smallest absolute Gasteiger partial charge is 0.124 e. The highest BCUT2D eigenvalue weighted by atomic mass is 35.5. The summed E-state index contributed by atoms with van der Waals surface area (Å²) in [5, 5.41) is 8.28. The first-order valence-corrected chi connectivity index (χ1v) is 6.11. The Morgan fingerprint density at radius 2 is 2.11 bits per heavy atom. The van der Waals surface area contributed by atoms with Crippen LogP contribution in [0.2, 0.25) is 10.0 Å². The number of nitrogens with zero attached hydrogens (tertiary/aromatic N) is 2. The van der Waals surface area contributed by atoms with Gasteiger partial charge in [0.25, 0.3) is 0 Å². The Bertz CT molecular complexity index is 581. The van der Waals surface area contributed by atoms with Gasteiger partial charge >= 0.3 is 0 Å². The summed E-state index contributed by atoms with van der Waals surface area (Å²) < 4.78 is 14.6. The molecule has 0 aliphatic carbocycles. The Labute approximate surface area is 115 Å². The van der Waals surface area contributed by atoms with Crippen LogP contribution in [0.3, 0.4) is 0 Å². The second-order valence-corrected chi connectivity index (χ2v) is 4.73. The van der Waals surface area contributed by atoms with Gasteiger partial charge in [0.1, 0.15) is 5.82 Å². The lowest BCUT2D eigenvalue weighted by Gasteiger charge is -2.09. The highest BCUT2D eigenvalue weighted by Crippen LogP contribution is 2.25. The van der Waals surface area contributed by atoms with Crippen LogP contribution in [0.5, 0.6) is 0 Å². The van der Waals surface area contributed by atoms with Crippen LogP contribution in [0.25, 0.3) is 0 Å². The van der Waals surface area contributed by atoms with E-state index >= 15 is 0 Å². The topological polar surface area (TPSA) is 29.9 Å². The standard InChI is InChI=1S/C12H12Cl2FN3/c1-7-12(14)11(18(2)17-7)6-16-10-4-3-8(15)5-9(10)13/h3-5,16H,6H2,1-2H3. The van der Waals surface area contributed by atoms with Gasteiger partial charge in [-0.2, -0.15) is 5.10 Å². The molecular formula is C12H12Cl2FN3. The second kappa shape index (κ2) is 5.16. The minimum absolute atomic E-state index is 0.338. The Morgan fingerprint density at radius 3 is 2.67 bits per heavy atom. The van der Waals surface area contributed by atoms with Crippen molar-refractivity contribution in [3.63, 3.8) is 0 Å². The van der Waals surface area contributed by atoms with E-state index in [1.165, 1.54) is 12.1 Å². The fourth-order valence-electron chi connectivity index (χ4n) is 1.68. The number of aromatic nitrogens is 2. The zero-order valence-electron chi connectivity index (χ0n) is 9.97. The lowest BCUT2D eigenvalue weighted by Crippen LogP contribution is -2.06. The molecule has 18 heavy (non-hydrogen) atoms. The van der Waals surface area contributed by atoms with Crippen LogP contribution >= 0.6 is 23.2 Å². The minimum atomic E-state index is -0.361. The Hall–Kier alpha value is -1.26. The van der Waals surface area contributed by atoms with Crippen LogP contribution in [0.1, 0.15) is 11.4 Å². The van der Waals surface area contributed by atoms with Crippen molar-refractivity contribution in [3.05, 3.63) is 45.4 Å². The summed E-state index contributed by atoms with van der Waals surface area (Å²) in [6.07, 6.45) is 0. The lowest BCUT2D eigenvalue weighted by atomic mass is 10.3. The van der Waals surface area contributed by atoms with Gasteiger partial charge < -0.3 is 5.32 Å². The van der Waals surface area contributed by atoms with E-state index in [0.29, 0.717) is 22.3 Å². The van der Waals surface area contributed by atoms with E-state index in [4.69, 9.17) is 23.2 Å². The van der Waals surface area contributed by atoms with E-state index in [1.54, 1.807) is 10.7 Å². The van der Waals surface area contributed by atoms with Crippen molar-refractivity contribution in [3.8, 4) is 0 Å². The maximum Gasteiger partial charge on any atom is 0.124 e. The molecule has 0 atom stereocenters. The monoisotopic (exact) mass is 287 g/mol. The van der Waals surface area contributed by atoms with Gasteiger partial charge in [0.15, 0.2) is 0 Å². The maximum atomic E-state index is 12.9. The third-order valence-electron chi connectivity index (χ3n) is 2.64. The van der Waals surface area contributed by atoms with Crippen LogP contribution in [-0.4, -0.2) is 9.78 Å². The van der Waals surface area contributed by atoms with Gasteiger partial charge in [-0.15, -0.1) is 0 Å². The summed E-state index contributed by atoms with van der Waals surface area (Å²) in [6, 6.07) is 4.21. The van der Waals surface area contributed by atoms with E-state index in [9.17, 15) is 4.39 Å². The molecule has 1 aromatic heterocycles. The molecule has 0 amide bonds. The molecule has 3 nitrogen and oxygen atoms in total. The van der Waals surface area contributed by atoms with Crippen LogP contribution in [0.4, 0.5) is 10.1 Å². The van der Waals surface area contributed by atoms with Gasteiger partial charge in [0.05, 0.1) is 33.7 Å². The number of nitrogens with one attached hydrogen (secondary N) is 1. The molecule has 2 rings (SSSR count). The number of rotatable bonds is 3. The molecule has 96 valence electrons. The Balaban J connectivity index is 2.16. The van der Waals surface area contributed by atoms with Crippen LogP contribution in [-0.2, 0) is 13.6 Å². The fraction of sp³-hybridized carbons (Fsp3) is 0.250. The molecule has 2 aromatic rings. The summed E-state index contributed by atoms with van der Waals surface area (Å²) in [5.41, 5.74) is 2.30. The highest BCUT2D eigenvalue weighted by molar-refractivity contribution is 6.33. The summed E-state index contributed by atoms with van der Waals surface area (Å²) in [5.74, 6) is -0.361. The molecule has 0 saturated heterocycles. The molecule has 1 N–H and O–H groups in total. The van der Waals surface area contributed by atoms with Crippen molar-refractivity contribution in [2.24, 2.45) is 7.05 Å². The fourth-order valence-corrected chi connectivity index (χ4v) is 2.14. The van der Waals surface area contributed by atoms with Crippen LogP contribution in [0.15, 0.2) is 18.2 Å². The average Bonchev–Trinajstić information content (AvgIpc) is 2.53. The number of anilines is 1. The van der Waals surface area contributed by atoms with Gasteiger partial charge in [0, 0.05) is 7.05 Å². The molecule has 0 saturated carbocycles. The van der Waals surface area contributed by atoms with E-state index in [0.717, 1.165) is 11.4 Å². The Morgan fingerprint density at radius 1 is 1.39 bits per heavy atom. The van der Waals surface area contributed by atoms with E-state index < -0.39 is 0 Å². The average molecular weight is 288 g/mol. The molecule has 6 heteroatoms. The van der Waals surface area contributed by atoms with E-state index in [-0.39, 0.29) is 5.82 Å². The molecule has 0 radical (unpaired) electrons. The molecule has 1 aromatic carbocycles. The first kappa shape index (κ1) is 13.2. The van der Waals surface area contributed by atoms with Gasteiger partial charge in [-0.1, -0.05) is 23.2 Å². The quantitative estimate of drug-likeness (QED) is 0.931. The van der Waals surface area contributed by atoms with Crippen molar-refractivity contribution in [2.45, 2.75) is 13.5 Å². The van der Waals surface area contributed by atoms with Gasteiger partial charge in [0.2, 0.25) is 0 Å². The number of aryl methyl sites for hydroxylation is 2. The normalized spacial score (nSPS) is 10.7. The number of benzene rings is 1. The van der Waals surface area contributed by atoms with Crippen LogP contribution in [0, 0.1) is 12.7 Å². The molecule has 0 aliphatic heterocycles. The van der Waals surface area contributed by atoms with Crippen LogP contribution < -0.4 is 5.32 Å². The van der Waals surface area contributed by atoms with Gasteiger partial charge in [-0.05, 0) is 25.1 Å². The molecule has 1 heterocycles. The molecule has 0 unspecified atom stereocenters. The summed E-state index contributed by atoms with van der Waals surface area (Å²) in [4.78, 5) is 0. The summed E-state index contributed by atoms with van der Waals surface area (Å²) >= 11 is 12.1. The predicted molar refractivity (Wildman–Crippen MR) is 71.7 cm³/mol. The lowest BCUT2D eigenvalue weighted by molar-refractivity contribution is 0.628. The van der Waals surface area contributed by atoms with Gasteiger partial charge in [-0.25, -0.2) is 4.39 Å². The zero-order valence-corrected chi connectivity index (χ0v) is 11.5. The third-order valence-corrected chi connectivity index (χ3v) is 3.44. The number of hydrogen-bond donors (Lipinski definition) is 1. The van der Waals surface area contributed by atoms with Crippen molar-refractivity contribution in [2.75, 3.05) is 5.32 Å². The van der Waals surface area contributed by atoms with E-state index in [1.807, 2.05) is 14.0 Å². The SMILES string of the molecule is Cc1nn(C)c(CNc2ccc(F)cc2Cl)c1Cl. The minimum Gasteiger partial charge on any atom is -0.378 e. The van der Waals surface area contributed by atoms with Crippen molar-refractivity contribution in [1.29, 1.82) is 0 Å². The van der Waals surface area contributed by atoms with Crippen molar-refractivity contribution in [1.82, 2.24) is 9.78 Å². The molecule has 0 fully saturated rings. The molecular weight excluding hydrogens is 276 g/mol. The largest absolute Gasteiger partial charge is 0.378 e. The number of halogens is 3.